The second kappa shape index (κ2) is 7.39. The predicted octanol–water partition coefficient (Wildman–Crippen LogP) is 4.66. The lowest BCUT2D eigenvalue weighted by atomic mass is 10.1. The zero-order valence-corrected chi connectivity index (χ0v) is 14.4. The van der Waals surface area contributed by atoms with Gasteiger partial charge in [-0.15, -0.1) is 11.3 Å². The molecular formula is C17H13BrN2O2S. The van der Waals surface area contributed by atoms with Crippen molar-refractivity contribution in [1.82, 2.24) is 4.98 Å². The number of carbonyl (C=O) groups excluding carboxylic acids is 1. The molecule has 0 radical (unpaired) electrons. The van der Waals surface area contributed by atoms with Crippen LogP contribution in [0.4, 0.5) is 5.13 Å². The summed E-state index contributed by atoms with van der Waals surface area (Å²) >= 11 is 4.81. The highest BCUT2D eigenvalue weighted by molar-refractivity contribution is 9.10. The summed E-state index contributed by atoms with van der Waals surface area (Å²) in [6, 6.07) is 16.8. The Labute approximate surface area is 146 Å². The van der Waals surface area contributed by atoms with Crippen molar-refractivity contribution in [2.24, 2.45) is 0 Å². The van der Waals surface area contributed by atoms with E-state index < -0.39 is 6.10 Å². The Morgan fingerprint density at radius 3 is 2.57 bits per heavy atom. The molecule has 0 spiro atoms. The van der Waals surface area contributed by atoms with E-state index in [4.69, 9.17) is 4.74 Å². The van der Waals surface area contributed by atoms with Crippen LogP contribution in [0.5, 0.6) is 5.75 Å². The molecule has 6 heteroatoms. The standard InChI is InChI=1S/C17H13BrN2O2S/c18-13-8-4-5-9-14(13)22-15(12-6-2-1-3-7-12)16(21)20-17-19-10-11-23-17/h1-11,15H,(H,19,20,21)/t15-/m0/s1. The Bertz CT molecular complexity index is 778. The fourth-order valence-electron chi connectivity index (χ4n) is 2.02. The lowest BCUT2D eigenvalue weighted by Gasteiger charge is -2.19. The normalized spacial score (nSPS) is 11.7. The molecule has 2 aromatic carbocycles. The summed E-state index contributed by atoms with van der Waals surface area (Å²) < 4.78 is 6.75. The maximum absolute atomic E-state index is 12.6. The number of thiazole rings is 1. The molecule has 1 heterocycles. The van der Waals surface area contributed by atoms with Crippen LogP contribution in [0.15, 0.2) is 70.6 Å². The molecule has 1 atom stereocenters. The van der Waals surface area contributed by atoms with Crippen molar-refractivity contribution in [3.05, 3.63) is 76.2 Å². The van der Waals surface area contributed by atoms with Gasteiger partial charge in [0.2, 0.25) is 6.10 Å². The van der Waals surface area contributed by atoms with Gasteiger partial charge in [-0.2, -0.15) is 0 Å². The first-order valence-corrected chi connectivity index (χ1v) is 8.58. The second-order valence-electron chi connectivity index (χ2n) is 4.67. The molecule has 1 N–H and O–H groups in total. The third kappa shape index (κ3) is 3.97. The molecule has 0 fully saturated rings. The molecule has 0 aliphatic heterocycles. The van der Waals surface area contributed by atoms with E-state index in [1.54, 1.807) is 6.20 Å². The van der Waals surface area contributed by atoms with Crippen LogP contribution in [0.2, 0.25) is 0 Å². The quantitative estimate of drug-likeness (QED) is 0.690. The van der Waals surface area contributed by atoms with Crippen LogP contribution in [-0.4, -0.2) is 10.9 Å². The highest BCUT2D eigenvalue weighted by Gasteiger charge is 2.24. The Kier molecular flexibility index (Phi) is 5.05. The predicted molar refractivity (Wildman–Crippen MR) is 94.7 cm³/mol. The molecule has 3 rings (SSSR count). The number of hydrogen-bond donors (Lipinski definition) is 1. The average Bonchev–Trinajstić information content (AvgIpc) is 3.08. The van der Waals surface area contributed by atoms with Crippen LogP contribution in [0.25, 0.3) is 0 Å². The molecule has 3 aromatic rings. The minimum absolute atomic E-state index is 0.262. The number of anilines is 1. The summed E-state index contributed by atoms with van der Waals surface area (Å²) in [7, 11) is 0. The van der Waals surface area contributed by atoms with E-state index in [1.807, 2.05) is 60.0 Å². The molecule has 4 nitrogen and oxygen atoms in total. The zero-order chi connectivity index (χ0) is 16.1. The van der Waals surface area contributed by atoms with E-state index in [0.717, 1.165) is 10.0 Å². The van der Waals surface area contributed by atoms with Gasteiger partial charge >= 0.3 is 0 Å². The van der Waals surface area contributed by atoms with Gasteiger partial charge in [0.05, 0.1) is 4.47 Å². The van der Waals surface area contributed by atoms with Crippen molar-refractivity contribution in [3.63, 3.8) is 0 Å². The van der Waals surface area contributed by atoms with Crippen LogP contribution in [0.1, 0.15) is 11.7 Å². The molecular weight excluding hydrogens is 376 g/mol. The Morgan fingerprint density at radius 2 is 1.87 bits per heavy atom. The summed E-state index contributed by atoms with van der Waals surface area (Å²) in [6.07, 6.45) is 0.880. The Hall–Kier alpha value is -2.18. The van der Waals surface area contributed by atoms with Gasteiger partial charge in [-0.05, 0) is 28.1 Å². The number of aromatic nitrogens is 1. The largest absolute Gasteiger partial charge is 0.475 e. The van der Waals surface area contributed by atoms with Crippen molar-refractivity contribution in [2.75, 3.05) is 5.32 Å². The SMILES string of the molecule is O=C(Nc1nccs1)[C@@H](Oc1ccccc1Br)c1ccccc1. The van der Waals surface area contributed by atoms with E-state index in [9.17, 15) is 4.79 Å². The summed E-state index contributed by atoms with van der Waals surface area (Å²) in [6.45, 7) is 0. The van der Waals surface area contributed by atoms with Crippen LogP contribution in [0, 0.1) is 0 Å². The van der Waals surface area contributed by atoms with Gasteiger partial charge in [0.15, 0.2) is 5.13 Å². The minimum Gasteiger partial charge on any atom is -0.475 e. The number of nitrogens with zero attached hydrogens (tertiary/aromatic N) is 1. The zero-order valence-electron chi connectivity index (χ0n) is 12.0. The van der Waals surface area contributed by atoms with Crippen LogP contribution >= 0.6 is 27.3 Å². The van der Waals surface area contributed by atoms with Gasteiger partial charge in [-0.25, -0.2) is 4.98 Å². The van der Waals surface area contributed by atoms with Gasteiger partial charge < -0.3 is 4.74 Å². The lowest BCUT2D eigenvalue weighted by molar-refractivity contribution is -0.123. The van der Waals surface area contributed by atoms with Crippen molar-refractivity contribution in [3.8, 4) is 5.75 Å². The summed E-state index contributed by atoms with van der Waals surface area (Å²) in [4.78, 5) is 16.7. The third-order valence-corrected chi connectivity index (χ3v) is 4.43. The fourth-order valence-corrected chi connectivity index (χ4v) is 2.93. The number of rotatable bonds is 5. The first-order valence-electron chi connectivity index (χ1n) is 6.90. The number of nitrogens with one attached hydrogen (secondary N) is 1. The molecule has 1 amide bonds. The number of hydrogen-bond acceptors (Lipinski definition) is 4. The van der Waals surface area contributed by atoms with E-state index in [2.05, 4.69) is 26.2 Å². The van der Waals surface area contributed by atoms with Crippen molar-refractivity contribution in [1.29, 1.82) is 0 Å². The van der Waals surface area contributed by atoms with Crippen molar-refractivity contribution < 1.29 is 9.53 Å². The molecule has 0 saturated carbocycles. The highest BCUT2D eigenvalue weighted by atomic mass is 79.9. The highest BCUT2D eigenvalue weighted by Crippen LogP contribution is 2.30. The maximum Gasteiger partial charge on any atom is 0.271 e. The van der Waals surface area contributed by atoms with Gasteiger partial charge in [-0.1, -0.05) is 42.5 Å². The van der Waals surface area contributed by atoms with Crippen LogP contribution < -0.4 is 10.1 Å². The van der Waals surface area contributed by atoms with Crippen molar-refractivity contribution in [2.45, 2.75) is 6.10 Å². The number of carbonyl (C=O) groups is 1. The number of ether oxygens (including phenoxy) is 1. The molecule has 0 aliphatic rings. The third-order valence-electron chi connectivity index (χ3n) is 3.08. The maximum atomic E-state index is 12.6. The first-order chi connectivity index (χ1) is 11.2. The monoisotopic (exact) mass is 388 g/mol. The summed E-state index contributed by atoms with van der Waals surface area (Å²) in [5.74, 6) is 0.345. The average molecular weight is 389 g/mol. The van der Waals surface area contributed by atoms with Crippen molar-refractivity contribution >= 4 is 38.3 Å². The van der Waals surface area contributed by atoms with Gasteiger partial charge in [0.1, 0.15) is 5.75 Å². The molecule has 0 saturated heterocycles. The molecule has 0 aliphatic carbocycles. The lowest BCUT2D eigenvalue weighted by Crippen LogP contribution is -2.25. The summed E-state index contributed by atoms with van der Waals surface area (Å²) in [5.41, 5.74) is 0.775. The Morgan fingerprint density at radius 1 is 1.13 bits per heavy atom. The number of amides is 1. The van der Waals surface area contributed by atoms with E-state index >= 15 is 0 Å². The molecule has 23 heavy (non-hydrogen) atoms. The van der Waals surface area contributed by atoms with Gasteiger partial charge in [0, 0.05) is 17.1 Å². The van der Waals surface area contributed by atoms with Gasteiger partial charge in [-0.3, -0.25) is 10.1 Å². The number of para-hydroxylation sites is 1. The smallest absolute Gasteiger partial charge is 0.271 e. The topological polar surface area (TPSA) is 51.2 Å². The first kappa shape index (κ1) is 15.7. The van der Waals surface area contributed by atoms with Gasteiger partial charge in [0.25, 0.3) is 5.91 Å². The molecule has 0 unspecified atom stereocenters. The number of halogens is 1. The van der Waals surface area contributed by atoms with E-state index in [0.29, 0.717) is 10.9 Å². The molecule has 1 aromatic heterocycles. The molecule has 0 bridgehead atoms. The van der Waals surface area contributed by atoms with Crippen LogP contribution in [0.3, 0.4) is 0 Å². The molecule has 116 valence electrons. The summed E-state index contributed by atoms with van der Waals surface area (Å²) in [5, 5.41) is 5.14. The van der Waals surface area contributed by atoms with E-state index in [1.165, 1.54) is 11.3 Å². The Balaban J connectivity index is 1.88. The minimum atomic E-state index is -0.765. The second-order valence-corrected chi connectivity index (χ2v) is 6.41. The van der Waals surface area contributed by atoms with Crippen LogP contribution in [-0.2, 0) is 4.79 Å². The van der Waals surface area contributed by atoms with E-state index in [-0.39, 0.29) is 5.91 Å². The number of benzene rings is 2. The fraction of sp³-hybridized carbons (Fsp3) is 0.0588.